The van der Waals surface area contributed by atoms with E-state index in [1.54, 1.807) is 4.90 Å². The van der Waals surface area contributed by atoms with Gasteiger partial charge in [-0.05, 0) is 42.7 Å². The lowest BCUT2D eigenvalue weighted by Gasteiger charge is -2.29. The van der Waals surface area contributed by atoms with E-state index in [1.165, 1.54) is 6.92 Å². The van der Waals surface area contributed by atoms with Crippen LogP contribution in [0, 0.1) is 24.4 Å². The molecule has 1 atom stereocenters. The lowest BCUT2D eigenvalue weighted by atomic mass is 9.90. The average Bonchev–Trinajstić information content (AvgIpc) is 3.21. The van der Waals surface area contributed by atoms with Gasteiger partial charge in [0.1, 0.15) is 5.76 Å². The van der Waals surface area contributed by atoms with E-state index in [2.05, 4.69) is 4.98 Å². The highest BCUT2D eigenvalue weighted by Crippen LogP contribution is 2.36. The molecule has 1 aliphatic heterocycles. The normalized spacial score (nSPS) is 14.2. The minimum atomic E-state index is -1.66. The van der Waals surface area contributed by atoms with Crippen LogP contribution in [0.25, 0.3) is 10.9 Å². The van der Waals surface area contributed by atoms with Crippen LogP contribution in [0.1, 0.15) is 40.7 Å². The van der Waals surface area contributed by atoms with Crippen LogP contribution in [0.4, 0.5) is 13.2 Å². The lowest BCUT2D eigenvalue weighted by molar-refractivity contribution is -0.132. The van der Waals surface area contributed by atoms with Crippen molar-refractivity contribution in [3.8, 4) is 5.75 Å². The van der Waals surface area contributed by atoms with Crippen LogP contribution in [-0.2, 0) is 17.8 Å². The summed E-state index contributed by atoms with van der Waals surface area (Å²) < 4.78 is 47.3. The quantitative estimate of drug-likeness (QED) is 0.415. The summed E-state index contributed by atoms with van der Waals surface area (Å²) in [6, 6.07) is 10.4. The number of aromatic amines is 1. The zero-order valence-corrected chi connectivity index (χ0v) is 18.7. The fourth-order valence-electron chi connectivity index (χ4n) is 4.71. The Morgan fingerprint density at radius 3 is 2.63 bits per heavy atom. The smallest absolute Gasteiger partial charge is 0.227 e. The monoisotopic (exact) mass is 482 g/mol. The molecule has 1 amide bonds. The van der Waals surface area contributed by atoms with Gasteiger partial charge in [0, 0.05) is 35.6 Å². The standard InChI is InChI=1S/C26H21F3N2O4/c1-13-8-22(32)25(34)26(35-13)17(14-9-18(27)24(29)19(28)10-14)11-23(33)31-7-6-16-15-4-2-3-5-20(15)30-21(16)12-31/h2-5,8-10,17,30,34H,6-7,11-12H2,1H3/t17-/m1/s1. The molecule has 5 rings (SSSR count). The molecule has 3 heterocycles. The third-order valence-corrected chi connectivity index (χ3v) is 6.41. The molecule has 9 heteroatoms. The highest BCUT2D eigenvalue weighted by atomic mass is 19.2. The summed E-state index contributed by atoms with van der Waals surface area (Å²) in [6.45, 7) is 2.18. The number of amides is 1. The number of aromatic hydroxyl groups is 1. The minimum Gasteiger partial charge on any atom is -0.502 e. The van der Waals surface area contributed by atoms with Gasteiger partial charge in [0.05, 0.1) is 12.5 Å². The molecular formula is C26H21F3N2O4. The van der Waals surface area contributed by atoms with Crippen molar-refractivity contribution in [1.82, 2.24) is 9.88 Å². The van der Waals surface area contributed by atoms with Gasteiger partial charge in [0.2, 0.25) is 17.1 Å². The second kappa shape index (κ2) is 8.65. The van der Waals surface area contributed by atoms with Gasteiger partial charge in [-0.3, -0.25) is 9.59 Å². The molecule has 0 radical (unpaired) electrons. The van der Waals surface area contributed by atoms with E-state index in [0.717, 1.165) is 40.4 Å². The number of H-pyrrole nitrogens is 1. The van der Waals surface area contributed by atoms with Crippen LogP contribution < -0.4 is 5.43 Å². The first-order valence-corrected chi connectivity index (χ1v) is 11.1. The molecule has 2 aromatic heterocycles. The molecule has 1 aliphatic rings. The Kier molecular flexibility index (Phi) is 5.62. The van der Waals surface area contributed by atoms with Crippen LogP contribution in [0.5, 0.6) is 5.75 Å². The van der Waals surface area contributed by atoms with Gasteiger partial charge < -0.3 is 19.4 Å². The molecule has 0 aliphatic carbocycles. The van der Waals surface area contributed by atoms with Crippen molar-refractivity contribution in [3.63, 3.8) is 0 Å². The molecular weight excluding hydrogens is 461 g/mol. The number of rotatable bonds is 4. The van der Waals surface area contributed by atoms with Crippen LogP contribution >= 0.6 is 0 Å². The summed E-state index contributed by atoms with van der Waals surface area (Å²) in [5.74, 6) is -7.09. The largest absolute Gasteiger partial charge is 0.502 e. The number of para-hydroxylation sites is 1. The van der Waals surface area contributed by atoms with Gasteiger partial charge in [0.25, 0.3) is 0 Å². The number of nitrogens with one attached hydrogen (secondary N) is 1. The van der Waals surface area contributed by atoms with Gasteiger partial charge in [-0.15, -0.1) is 0 Å². The predicted octanol–water partition coefficient (Wildman–Crippen LogP) is 4.66. The number of aromatic nitrogens is 1. The third kappa shape index (κ3) is 4.07. The van der Waals surface area contributed by atoms with Crippen LogP contribution in [0.2, 0.25) is 0 Å². The van der Waals surface area contributed by atoms with Crippen molar-refractivity contribution in [3.05, 3.63) is 98.5 Å². The molecule has 0 unspecified atom stereocenters. The van der Waals surface area contributed by atoms with E-state index in [1.807, 2.05) is 24.3 Å². The Bertz CT molecular complexity index is 1500. The molecule has 2 aromatic carbocycles. The number of carbonyl (C=O) groups is 1. The number of fused-ring (bicyclic) bond motifs is 3. The summed E-state index contributed by atoms with van der Waals surface area (Å²) in [7, 11) is 0. The van der Waals surface area contributed by atoms with Gasteiger partial charge in [-0.2, -0.15) is 0 Å². The van der Waals surface area contributed by atoms with Crippen molar-refractivity contribution in [2.45, 2.75) is 32.2 Å². The molecule has 35 heavy (non-hydrogen) atoms. The number of aryl methyl sites for hydroxylation is 1. The summed E-state index contributed by atoms with van der Waals surface area (Å²) >= 11 is 0. The number of hydrogen-bond acceptors (Lipinski definition) is 4. The Morgan fingerprint density at radius 1 is 1.17 bits per heavy atom. The molecule has 4 aromatic rings. The van der Waals surface area contributed by atoms with E-state index < -0.39 is 34.5 Å². The maximum atomic E-state index is 14.1. The second-order valence-electron chi connectivity index (χ2n) is 8.68. The van der Waals surface area contributed by atoms with Crippen LogP contribution in [-0.4, -0.2) is 27.4 Å². The zero-order chi connectivity index (χ0) is 24.9. The van der Waals surface area contributed by atoms with Crippen molar-refractivity contribution >= 4 is 16.8 Å². The summed E-state index contributed by atoms with van der Waals surface area (Å²) in [4.78, 5) is 30.4. The molecule has 0 saturated carbocycles. The number of carbonyl (C=O) groups excluding carboxylic acids is 1. The molecule has 0 fully saturated rings. The van der Waals surface area contributed by atoms with Crippen molar-refractivity contribution < 1.29 is 27.5 Å². The highest BCUT2D eigenvalue weighted by Gasteiger charge is 2.31. The van der Waals surface area contributed by atoms with Crippen molar-refractivity contribution in [1.29, 1.82) is 0 Å². The van der Waals surface area contributed by atoms with Gasteiger partial charge in [-0.25, -0.2) is 13.2 Å². The first kappa shape index (κ1) is 22.8. The van der Waals surface area contributed by atoms with Gasteiger partial charge in [0.15, 0.2) is 23.2 Å². The Balaban J connectivity index is 1.50. The summed E-state index contributed by atoms with van der Waals surface area (Å²) in [5.41, 5.74) is 2.10. The predicted molar refractivity (Wildman–Crippen MR) is 122 cm³/mol. The zero-order valence-electron chi connectivity index (χ0n) is 18.7. The van der Waals surface area contributed by atoms with E-state index >= 15 is 0 Å². The third-order valence-electron chi connectivity index (χ3n) is 6.41. The molecule has 0 saturated heterocycles. The summed E-state index contributed by atoms with van der Waals surface area (Å²) in [6.07, 6.45) is 0.250. The first-order chi connectivity index (χ1) is 16.7. The number of halogens is 3. The Labute approximate surface area is 197 Å². The SMILES string of the molecule is Cc1cc(=O)c(O)c([C@H](CC(=O)N2CCc3c([nH]c4ccccc34)C2)c2cc(F)c(F)c(F)c2)o1. The van der Waals surface area contributed by atoms with Gasteiger partial charge in [-0.1, -0.05) is 18.2 Å². The highest BCUT2D eigenvalue weighted by molar-refractivity contribution is 5.86. The molecule has 2 N–H and O–H groups in total. The maximum Gasteiger partial charge on any atom is 0.227 e. The first-order valence-electron chi connectivity index (χ1n) is 11.1. The maximum absolute atomic E-state index is 14.1. The van der Waals surface area contributed by atoms with E-state index in [9.17, 15) is 27.9 Å². The van der Waals surface area contributed by atoms with Crippen LogP contribution in [0.15, 0.2) is 51.7 Å². The molecule has 180 valence electrons. The second-order valence-corrected chi connectivity index (χ2v) is 8.68. The minimum absolute atomic E-state index is 0.137. The summed E-state index contributed by atoms with van der Waals surface area (Å²) in [5, 5.41) is 11.5. The Morgan fingerprint density at radius 2 is 1.89 bits per heavy atom. The topological polar surface area (TPSA) is 86.5 Å². The number of hydrogen-bond donors (Lipinski definition) is 2. The van der Waals surface area contributed by atoms with Crippen molar-refractivity contribution in [2.24, 2.45) is 0 Å². The van der Waals surface area contributed by atoms with E-state index in [0.29, 0.717) is 19.5 Å². The Hall–Kier alpha value is -4.01. The lowest BCUT2D eigenvalue weighted by Crippen LogP contribution is -2.36. The van der Waals surface area contributed by atoms with E-state index in [-0.39, 0.29) is 29.4 Å². The van der Waals surface area contributed by atoms with Gasteiger partial charge >= 0.3 is 0 Å². The van der Waals surface area contributed by atoms with Crippen LogP contribution in [0.3, 0.4) is 0 Å². The van der Waals surface area contributed by atoms with E-state index in [4.69, 9.17) is 4.42 Å². The number of nitrogens with zero attached hydrogens (tertiary/aromatic N) is 1. The molecule has 0 spiro atoms. The average molecular weight is 482 g/mol. The van der Waals surface area contributed by atoms with Crippen molar-refractivity contribution in [2.75, 3.05) is 6.54 Å². The molecule has 0 bridgehead atoms. The molecule has 6 nitrogen and oxygen atoms in total. The fraction of sp³-hybridized carbons (Fsp3) is 0.231. The number of benzene rings is 2. The fourth-order valence-corrected chi connectivity index (χ4v) is 4.71.